The zero-order valence-electron chi connectivity index (χ0n) is 20.0. The summed E-state index contributed by atoms with van der Waals surface area (Å²) in [5.74, 6) is 1.43. The highest BCUT2D eigenvalue weighted by Gasteiger charge is 2.34. The first-order valence-electron chi connectivity index (χ1n) is 12.0. The van der Waals surface area contributed by atoms with Crippen LogP contribution in [0.25, 0.3) is 0 Å². The zero-order chi connectivity index (χ0) is 22.9. The number of rotatable bonds is 5. The summed E-state index contributed by atoms with van der Waals surface area (Å²) in [6, 6.07) is 7.62. The highest BCUT2D eigenvalue weighted by atomic mass is 35.5. The number of likely N-dealkylation sites (tertiary alicyclic amines) is 1. The second kappa shape index (κ2) is 12.1. The van der Waals surface area contributed by atoms with Crippen LogP contribution in [0, 0.1) is 0 Å². The summed E-state index contributed by atoms with van der Waals surface area (Å²) in [4.78, 5) is 29.3. The van der Waals surface area contributed by atoms with Gasteiger partial charge in [0.1, 0.15) is 12.1 Å². The average molecular weight is 543 g/mol. The molecule has 1 aromatic carbocycles. The first-order valence-corrected chi connectivity index (χ1v) is 12.4. The maximum absolute atomic E-state index is 13.7. The molecule has 2 fully saturated rings. The largest absolute Gasteiger partial charge is 0.392 e. The van der Waals surface area contributed by atoms with Crippen LogP contribution in [0.1, 0.15) is 48.4 Å². The summed E-state index contributed by atoms with van der Waals surface area (Å²) in [7, 11) is 0. The Bertz CT molecular complexity index is 1000. The van der Waals surface area contributed by atoms with Crippen molar-refractivity contribution in [3.8, 4) is 0 Å². The Hall–Kier alpha value is -1.64. The maximum atomic E-state index is 13.7. The number of carbonyl (C=O) groups is 1. The zero-order valence-corrected chi connectivity index (χ0v) is 22.4. The van der Waals surface area contributed by atoms with Crippen molar-refractivity contribution < 1.29 is 9.90 Å². The molecular formula is C25H34Cl3N5O2. The van der Waals surface area contributed by atoms with Gasteiger partial charge in [0.05, 0.1) is 12.0 Å². The Balaban J connectivity index is 0.00000171. The number of aryl methyl sites for hydroxylation is 1. The van der Waals surface area contributed by atoms with Gasteiger partial charge in [0.2, 0.25) is 5.91 Å². The van der Waals surface area contributed by atoms with Crippen molar-refractivity contribution >= 4 is 48.1 Å². The van der Waals surface area contributed by atoms with E-state index in [0.717, 1.165) is 50.3 Å². The van der Waals surface area contributed by atoms with Gasteiger partial charge >= 0.3 is 0 Å². The maximum Gasteiger partial charge on any atom is 0.231 e. The number of aliphatic hydroxyl groups is 1. The number of aromatic nitrogens is 2. The summed E-state index contributed by atoms with van der Waals surface area (Å²) in [5.41, 5.74) is 3.46. The summed E-state index contributed by atoms with van der Waals surface area (Å²) in [6.45, 7) is 7.23. The topological polar surface area (TPSA) is 72.8 Å². The van der Waals surface area contributed by atoms with Gasteiger partial charge in [-0.05, 0) is 42.9 Å². The number of benzene rings is 1. The van der Waals surface area contributed by atoms with Crippen molar-refractivity contribution in [1.82, 2.24) is 19.8 Å². The summed E-state index contributed by atoms with van der Waals surface area (Å²) < 4.78 is 0. The van der Waals surface area contributed by atoms with E-state index >= 15 is 0 Å². The Kier molecular flexibility index (Phi) is 9.63. The van der Waals surface area contributed by atoms with E-state index in [4.69, 9.17) is 11.6 Å². The normalized spacial score (nSPS) is 22.8. The summed E-state index contributed by atoms with van der Waals surface area (Å²) in [5, 5.41) is 10.6. The van der Waals surface area contributed by atoms with Gasteiger partial charge < -0.3 is 14.9 Å². The van der Waals surface area contributed by atoms with Crippen molar-refractivity contribution in [3.63, 3.8) is 0 Å². The number of nitrogens with zero attached hydrogens (tertiary/aromatic N) is 5. The SMILES string of the molecule is C[C@@H]1CCc2ncnc(N3CCN(C(=O)[C@H](CN4CC[C@@H](O)C4)c4ccc(Cl)cc4)CC3)c21.Cl.Cl. The molecule has 3 atom stereocenters. The van der Waals surface area contributed by atoms with E-state index in [2.05, 4.69) is 26.7 Å². The predicted octanol–water partition coefficient (Wildman–Crippen LogP) is 3.52. The third-order valence-corrected chi connectivity index (χ3v) is 7.65. The van der Waals surface area contributed by atoms with Crippen LogP contribution in [0.3, 0.4) is 0 Å². The van der Waals surface area contributed by atoms with Crippen LogP contribution in [0.2, 0.25) is 5.02 Å². The number of aliphatic hydroxyl groups excluding tert-OH is 1. The number of fused-ring (bicyclic) bond motifs is 1. The van der Waals surface area contributed by atoms with Crippen LogP contribution in [0.4, 0.5) is 5.82 Å². The van der Waals surface area contributed by atoms with Crippen molar-refractivity contribution in [2.24, 2.45) is 0 Å². The van der Waals surface area contributed by atoms with E-state index in [1.54, 1.807) is 6.33 Å². The minimum atomic E-state index is -0.300. The molecule has 1 aliphatic carbocycles. The molecule has 10 heteroatoms. The monoisotopic (exact) mass is 541 g/mol. The van der Waals surface area contributed by atoms with E-state index in [0.29, 0.717) is 37.1 Å². The predicted molar refractivity (Wildman–Crippen MR) is 143 cm³/mol. The van der Waals surface area contributed by atoms with Gasteiger partial charge in [-0.15, -0.1) is 24.8 Å². The molecule has 0 unspecified atom stereocenters. The smallest absolute Gasteiger partial charge is 0.231 e. The van der Waals surface area contributed by atoms with Crippen LogP contribution in [0.5, 0.6) is 0 Å². The number of β-amino-alcohol motifs (C(OH)–C–C–N with tert-alkyl or cyclic N) is 1. The summed E-state index contributed by atoms with van der Waals surface area (Å²) >= 11 is 6.10. The molecule has 1 aromatic heterocycles. The molecule has 1 amide bonds. The van der Waals surface area contributed by atoms with Crippen LogP contribution in [0.15, 0.2) is 30.6 Å². The van der Waals surface area contributed by atoms with Gasteiger partial charge in [0, 0.05) is 62.1 Å². The second-order valence-corrected chi connectivity index (χ2v) is 10.1. The van der Waals surface area contributed by atoms with E-state index in [-0.39, 0.29) is 42.7 Å². The van der Waals surface area contributed by atoms with Crippen molar-refractivity contribution in [2.45, 2.75) is 44.1 Å². The standard InChI is InChI=1S/C25H32ClN5O2.2ClH/c1-17-2-7-22-23(17)24(28-16-27-22)30-10-12-31(13-11-30)25(33)21(15-29-9-8-20(32)14-29)18-3-5-19(26)6-4-18;;/h3-6,16-17,20-21,32H,2,7-15H2,1H3;2*1H/t17-,20-,21-;;/m1../s1. The molecule has 7 nitrogen and oxygen atoms in total. The molecule has 2 saturated heterocycles. The molecule has 3 heterocycles. The molecule has 1 N–H and O–H groups in total. The molecule has 0 radical (unpaired) electrons. The molecule has 192 valence electrons. The highest BCUT2D eigenvalue weighted by molar-refractivity contribution is 6.30. The van der Waals surface area contributed by atoms with Crippen LogP contribution >= 0.6 is 36.4 Å². The molecule has 5 rings (SSSR count). The Morgan fingerprint density at radius 1 is 1.09 bits per heavy atom. The van der Waals surface area contributed by atoms with Crippen LogP contribution < -0.4 is 4.90 Å². The molecule has 35 heavy (non-hydrogen) atoms. The average Bonchev–Trinajstić information content (AvgIpc) is 3.43. The Labute approximate surface area is 224 Å². The van der Waals surface area contributed by atoms with E-state index in [1.165, 1.54) is 11.3 Å². The quantitative estimate of drug-likeness (QED) is 0.623. The van der Waals surface area contributed by atoms with E-state index in [1.807, 2.05) is 29.2 Å². The van der Waals surface area contributed by atoms with E-state index in [9.17, 15) is 9.90 Å². The molecule has 0 spiro atoms. The fourth-order valence-corrected chi connectivity index (χ4v) is 5.62. The molecular weight excluding hydrogens is 509 g/mol. The fourth-order valence-electron chi connectivity index (χ4n) is 5.49. The number of hydrogen-bond acceptors (Lipinski definition) is 6. The van der Waals surface area contributed by atoms with Gasteiger partial charge in [0.25, 0.3) is 0 Å². The molecule has 2 aromatic rings. The second-order valence-electron chi connectivity index (χ2n) is 9.62. The lowest BCUT2D eigenvalue weighted by atomic mass is 9.96. The number of anilines is 1. The number of piperazine rings is 1. The van der Waals surface area contributed by atoms with Gasteiger partial charge in [-0.3, -0.25) is 9.69 Å². The molecule has 0 saturated carbocycles. The number of amides is 1. The lowest BCUT2D eigenvalue weighted by Crippen LogP contribution is -2.51. The van der Waals surface area contributed by atoms with Crippen molar-refractivity contribution in [2.75, 3.05) is 50.7 Å². The summed E-state index contributed by atoms with van der Waals surface area (Å²) in [6.07, 6.45) is 4.31. The number of hydrogen-bond donors (Lipinski definition) is 1. The third-order valence-electron chi connectivity index (χ3n) is 7.40. The van der Waals surface area contributed by atoms with E-state index < -0.39 is 0 Å². The van der Waals surface area contributed by atoms with Gasteiger partial charge in [0.15, 0.2) is 0 Å². The van der Waals surface area contributed by atoms with Gasteiger partial charge in [-0.1, -0.05) is 30.7 Å². The van der Waals surface area contributed by atoms with Gasteiger partial charge in [-0.25, -0.2) is 9.97 Å². The third kappa shape index (κ3) is 6.03. The minimum Gasteiger partial charge on any atom is -0.392 e. The number of carbonyl (C=O) groups excluding carboxylic acids is 1. The van der Waals surface area contributed by atoms with Crippen molar-refractivity contribution in [3.05, 3.63) is 52.4 Å². The molecule has 0 bridgehead atoms. The molecule has 2 aliphatic heterocycles. The van der Waals surface area contributed by atoms with Crippen LogP contribution in [-0.4, -0.2) is 82.7 Å². The number of halogens is 3. The van der Waals surface area contributed by atoms with Crippen molar-refractivity contribution in [1.29, 1.82) is 0 Å². The minimum absolute atomic E-state index is 0. The van der Waals surface area contributed by atoms with Gasteiger partial charge in [-0.2, -0.15) is 0 Å². The first-order chi connectivity index (χ1) is 16.0. The Morgan fingerprint density at radius 2 is 1.80 bits per heavy atom. The fraction of sp³-hybridized carbons (Fsp3) is 0.560. The lowest BCUT2D eigenvalue weighted by Gasteiger charge is -2.38. The molecule has 3 aliphatic rings. The van der Waals surface area contributed by atoms with Crippen LogP contribution in [-0.2, 0) is 11.2 Å². The lowest BCUT2D eigenvalue weighted by molar-refractivity contribution is -0.133. The Morgan fingerprint density at radius 3 is 2.46 bits per heavy atom. The highest BCUT2D eigenvalue weighted by Crippen LogP contribution is 2.37. The first kappa shape index (κ1) is 27.9.